The number of ether oxygens (including phenoxy) is 1. The molecule has 0 aliphatic carbocycles. The molecule has 1 unspecified atom stereocenters. The van der Waals surface area contributed by atoms with E-state index < -0.39 is 22.0 Å². The van der Waals surface area contributed by atoms with Gasteiger partial charge in [0.25, 0.3) is 5.91 Å². The number of likely N-dealkylation sites (N-methyl/N-ethyl adjacent to an activating group) is 1. The number of sulfonamides is 1. The number of nitrogens with one attached hydrogen (secondary N) is 1. The number of carbonyl (C=O) groups is 1. The van der Waals surface area contributed by atoms with E-state index in [2.05, 4.69) is 0 Å². The van der Waals surface area contributed by atoms with E-state index in [0.29, 0.717) is 23.1 Å². The molecule has 3 rings (SSSR count). The van der Waals surface area contributed by atoms with Gasteiger partial charge in [0, 0.05) is 24.7 Å². The van der Waals surface area contributed by atoms with Crippen LogP contribution in [0.15, 0.2) is 53.4 Å². The first kappa shape index (κ1) is 23.4. The summed E-state index contributed by atoms with van der Waals surface area (Å²) in [4.78, 5) is 13.8. The highest BCUT2D eigenvalue weighted by Gasteiger charge is 2.39. The topological polar surface area (TPSA) is 99.2 Å². The van der Waals surface area contributed by atoms with Crippen LogP contribution in [0, 0.1) is 0 Å². The van der Waals surface area contributed by atoms with E-state index in [-0.39, 0.29) is 30.4 Å². The Morgan fingerprint density at radius 2 is 1.66 bits per heavy atom. The molecule has 0 radical (unpaired) electrons. The van der Waals surface area contributed by atoms with E-state index in [1.54, 1.807) is 48.9 Å². The average Bonchev–Trinajstić information content (AvgIpc) is 2.69. The molecule has 2 aromatic rings. The fourth-order valence-corrected chi connectivity index (χ4v) is 4.63. The fourth-order valence-electron chi connectivity index (χ4n) is 2.93. The van der Waals surface area contributed by atoms with Gasteiger partial charge in [0.2, 0.25) is 10.0 Å². The molecule has 1 saturated heterocycles. The van der Waals surface area contributed by atoms with Crippen LogP contribution in [0.2, 0.25) is 5.02 Å². The lowest BCUT2D eigenvalue weighted by Gasteiger charge is -2.37. The van der Waals surface area contributed by atoms with E-state index in [1.165, 1.54) is 12.1 Å². The minimum Gasteiger partial charge on any atom is -0.457 e. The SMILES string of the molecule is CN1CCN(S(=O)(=O)c2ccc(Oc3ccc(Cl)cc3)cc2)C(C(=O)NO)C1.Cl. The number of hydrogen-bond acceptors (Lipinski definition) is 6. The lowest BCUT2D eigenvalue weighted by Crippen LogP contribution is -2.59. The highest BCUT2D eigenvalue weighted by atomic mass is 35.5. The van der Waals surface area contributed by atoms with Gasteiger partial charge in [-0.15, -0.1) is 12.4 Å². The van der Waals surface area contributed by atoms with Crippen molar-refractivity contribution in [3.05, 3.63) is 53.6 Å². The Bertz CT molecular complexity index is 939. The van der Waals surface area contributed by atoms with Crippen LogP contribution < -0.4 is 10.2 Å². The molecule has 1 fully saturated rings. The van der Waals surface area contributed by atoms with Crippen LogP contribution in [0.3, 0.4) is 0 Å². The Morgan fingerprint density at radius 1 is 1.10 bits per heavy atom. The summed E-state index contributed by atoms with van der Waals surface area (Å²) in [6.07, 6.45) is 0. The standard InChI is InChI=1S/C18H20ClN3O5S.ClH/c1-21-10-11-22(17(12-21)18(23)20-24)28(25,26)16-8-6-15(7-9-16)27-14-4-2-13(19)3-5-14;/h2-9,17,24H,10-12H2,1H3,(H,20,23);1H. The molecule has 1 atom stereocenters. The molecule has 0 spiro atoms. The molecule has 29 heavy (non-hydrogen) atoms. The van der Waals surface area contributed by atoms with Crippen molar-refractivity contribution in [1.29, 1.82) is 0 Å². The van der Waals surface area contributed by atoms with Gasteiger partial charge in [0.1, 0.15) is 17.5 Å². The Labute approximate surface area is 180 Å². The highest BCUT2D eigenvalue weighted by Crippen LogP contribution is 2.26. The van der Waals surface area contributed by atoms with Crippen LogP contribution in [-0.2, 0) is 14.8 Å². The Hall–Kier alpha value is -1.88. The number of halogens is 2. The molecule has 1 aliphatic heterocycles. The van der Waals surface area contributed by atoms with Gasteiger partial charge in [-0.2, -0.15) is 4.31 Å². The smallest absolute Gasteiger partial charge is 0.263 e. The molecule has 8 nitrogen and oxygen atoms in total. The zero-order valence-electron chi connectivity index (χ0n) is 15.5. The molecule has 1 amide bonds. The van der Waals surface area contributed by atoms with Gasteiger partial charge in [-0.05, 0) is 55.6 Å². The molecule has 11 heteroatoms. The number of piperazine rings is 1. The number of carbonyl (C=O) groups excluding carboxylic acids is 1. The quantitative estimate of drug-likeness (QED) is 0.523. The molecular formula is C18H21Cl2N3O5S. The summed E-state index contributed by atoms with van der Waals surface area (Å²) < 4.78 is 32.8. The van der Waals surface area contributed by atoms with Gasteiger partial charge >= 0.3 is 0 Å². The second-order valence-electron chi connectivity index (χ2n) is 6.40. The second kappa shape index (κ2) is 9.75. The lowest BCUT2D eigenvalue weighted by molar-refractivity contribution is -0.134. The summed E-state index contributed by atoms with van der Waals surface area (Å²) in [5, 5.41) is 9.54. The minimum absolute atomic E-state index is 0. The van der Waals surface area contributed by atoms with Crippen LogP contribution in [-0.4, -0.2) is 61.5 Å². The van der Waals surface area contributed by atoms with Crippen molar-refractivity contribution in [2.75, 3.05) is 26.7 Å². The van der Waals surface area contributed by atoms with Gasteiger partial charge in [-0.3, -0.25) is 10.0 Å². The summed E-state index contributed by atoms with van der Waals surface area (Å²) in [5.74, 6) is 0.265. The van der Waals surface area contributed by atoms with E-state index in [1.807, 2.05) is 4.90 Å². The molecular weight excluding hydrogens is 441 g/mol. The third kappa shape index (κ3) is 5.39. The van der Waals surface area contributed by atoms with Crippen molar-refractivity contribution in [3.8, 4) is 11.5 Å². The van der Waals surface area contributed by atoms with E-state index >= 15 is 0 Å². The fraction of sp³-hybridized carbons (Fsp3) is 0.278. The van der Waals surface area contributed by atoms with Crippen molar-refractivity contribution in [2.24, 2.45) is 0 Å². The average molecular weight is 462 g/mol. The van der Waals surface area contributed by atoms with Crippen LogP contribution in [0.5, 0.6) is 11.5 Å². The van der Waals surface area contributed by atoms with Crippen LogP contribution in [0.1, 0.15) is 0 Å². The Balaban J connectivity index is 0.00000300. The van der Waals surface area contributed by atoms with Crippen LogP contribution in [0.4, 0.5) is 0 Å². The van der Waals surface area contributed by atoms with Crippen molar-refractivity contribution in [3.63, 3.8) is 0 Å². The van der Waals surface area contributed by atoms with E-state index in [4.69, 9.17) is 21.5 Å². The van der Waals surface area contributed by atoms with Gasteiger partial charge < -0.3 is 9.64 Å². The summed E-state index contributed by atoms with van der Waals surface area (Å²) in [6, 6.07) is 11.7. The predicted octanol–water partition coefficient (Wildman–Crippen LogP) is 2.36. The zero-order chi connectivity index (χ0) is 20.3. The van der Waals surface area contributed by atoms with Crippen LogP contribution in [0.25, 0.3) is 0 Å². The Kier molecular flexibility index (Phi) is 7.87. The molecule has 2 N–H and O–H groups in total. The molecule has 1 aliphatic rings. The monoisotopic (exact) mass is 461 g/mol. The summed E-state index contributed by atoms with van der Waals surface area (Å²) >= 11 is 5.84. The van der Waals surface area contributed by atoms with Crippen molar-refractivity contribution in [2.45, 2.75) is 10.9 Å². The number of nitrogens with zero attached hydrogens (tertiary/aromatic N) is 2. The first-order valence-electron chi connectivity index (χ1n) is 8.49. The van der Waals surface area contributed by atoms with Crippen molar-refractivity contribution >= 4 is 39.9 Å². The third-order valence-corrected chi connectivity index (χ3v) is 6.60. The first-order valence-corrected chi connectivity index (χ1v) is 10.3. The predicted molar refractivity (Wildman–Crippen MR) is 110 cm³/mol. The summed E-state index contributed by atoms with van der Waals surface area (Å²) in [5.41, 5.74) is 1.55. The molecule has 0 aromatic heterocycles. The van der Waals surface area contributed by atoms with Crippen LogP contribution >= 0.6 is 24.0 Å². The van der Waals surface area contributed by atoms with Crippen molar-refractivity contribution < 1.29 is 23.2 Å². The van der Waals surface area contributed by atoms with Gasteiger partial charge in [-0.1, -0.05) is 11.6 Å². The van der Waals surface area contributed by atoms with E-state index in [0.717, 1.165) is 4.31 Å². The van der Waals surface area contributed by atoms with Gasteiger partial charge in [0.15, 0.2) is 0 Å². The molecule has 0 saturated carbocycles. The number of hydrogen-bond donors (Lipinski definition) is 2. The summed E-state index contributed by atoms with van der Waals surface area (Å²) in [6.45, 7) is 0.801. The second-order valence-corrected chi connectivity index (χ2v) is 8.72. The molecule has 2 aromatic carbocycles. The maximum absolute atomic E-state index is 13.0. The third-order valence-electron chi connectivity index (χ3n) is 4.43. The lowest BCUT2D eigenvalue weighted by atomic mass is 10.2. The molecule has 0 bridgehead atoms. The molecule has 1 heterocycles. The normalized spacial score (nSPS) is 18.0. The number of rotatable bonds is 5. The van der Waals surface area contributed by atoms with Gasteiger partial charge in [0.05, 0.1) is 4.90 Å². The Morgan fingerprint density at radius 3 is 2.21 bits per heavy atom. The number of amides is 1. The highest BCUT2D eigenvalue weighted by molar-refractivity contribution is 7.89. The molecule has 158 valence electrons. The first-order chi connectivity index (χ1) is 13.3. The maximum Gasteiger partial charge on any atom is 0.263 e. The van der Waals surface area contributed by atoms with E-state index in [9.17, 15) is 13.2 Å². The summed E-state index contributed by atoms with van der Waals surface area (Å²) in [7, 11) is -2.14. The largest absolute Gasteiger partial charge is 0.457 e. The maximum atomic E-state index is 13.0. The number of benzene rings is 2. The van der Waals surface area contributed by atoms with Crippen molar-refractivity contribution in [1.82, 2.24) is 14.7 Å². The zero-order valence-corrected chi connectivity index (χ0v) is 17.9. The number of hydroxylamine groups is 1. The van der Waals surface area contributed by atoms with Gasteiger partial charge in [-0.25, -0.2) is 13.9 Å². The minimum atomic E-state index is -3.92.